The number of anilines is 1. The van der Waals surface area contributed by atoms with E-state index in [9.17, 15) is 4.79 Å². The molecule has 6 nitrogen and oxygen atoms in total. The molecule has 8 heteroatoms. The van der Waals surface area contributed by atoms with Gasteiger partial charge in [-0.3, -0.25) is 9.69 Å². The zero-order valence-electron chi connectivity index (χ0n) is 18.4. The van der Waals surface area contributed by atoms with Gasteiger partial charge in [0.15, 0.2) is 5.16 Å². The van der Waals surface area contributed by atoms with Crippen LogP contribution in [0.15, 0.2) is 64.6 Å². The van der Waals surface area contributed by atoms with E-state index in [1.165, 1.54) is 18.4 Å². The standard InChI is InChI=1S/C24H29N5OS2/c1-31-21-12-6-5-11-20(21)25-23(30)13-16-32-24-27-26-22(18-28-14-7-8-15-28)29(24)17-19-9-3-2-4-10-19/h2-6,9-12H,7-8,13-18H2,1H3,(H,25,30). The number of nitrogens with one attached hydrogen (secondary N) is 1. The van der Waals surface area contributed by atoms with Gasteiger partial charge in [-0.25, -0.2) is 0 Å². The molecule has 1 N–H and O–H groups in total. The summed E-state index contributed by atoms with van der Waals surface area (Å²) in [7, 11) is 0. The van der Waals surface area contributed by atoms with Crippen LogP contribution in [0.3, 0.4) is 0 Å². The summed E-state index contributed by atoms with van der Waals surface area (Å²) >= 11 is 3.23. The normalized spacial score (nSPS) is 14.0. The number of carbonyl (C=O) groups excluding carboxylic acids is 1. The Balaban J connectivity index is 1.39. The van der Waals surface area contributed by atoms with Gasteiger partial charge in [-0.15, -0.1) is 22.0 Å². The topological polar surface area (TPSA) is 63.1 Å². The van der Waals surface area contributed by atoms with Gasteiger partial charge in [-0.05, 0) is 49.9 Å². The molecule has 1 aliphatic rings. The lowest BCUT2D eigenvalue weighted by Crippen LogP contribution is -2.21. The summed E-state index contributed by atoms with van der Waals surface area (Å²) in [6.45, 7) is 3.82. The third-order valence-corrected chi connectivity index (χ3v) is 7.25. The van der Waals surface area contributed by atoms with Crippen molar-refractivity contribution in [1.82, 2.24) is 19.7 Å². The summed E-state index contributed by atoms with van der Waals surface area (Å²) < 4.78 is 2.21. The number of hydrogen-bond donors (Lipinski definition) is 1. The monoisotopic (exact) mass is 467 g/mol. The minimum Gasteiger partial charge on any atom is -0.325 e. The Morgan fingerprint density at radius 2 is 1.75 bits per heavy atom. The van der Waals surface area contributed by atoms with Crippen molar-refractivity contribution in [2.75, 3.05) is 30.4 Å². The molecule has 4 rings (SSSR count). The van der Waals surface area contributed by atoms with Crippen molar-refractivity contribution in [3.05, 3.63) is 66.0 Å². The van der Waals surface area contributed by atoms with Crippen LogP contribution in [0.25, 0.3) is 0 Å². The van der Waals surface area contributed by atoms with Crippen molar-refractivity contribution in [2.45, 2.75) is 42.4 Å². The number of para-hydroxylation sites is 1. The van der Waals surface area contributed by atoms with E-state index >= 15 is 0 Å². The molecule has 0 atom stereocenters. The molecule has 1 aromatic heterocycles. The first-order valence-electron chi connectivity index (χ1n) is 11.0. The van der Waals surface area contributed by atoms with Crippen LogP contribution in [0, 0.1) is 0 Å². The van der Waals surface area contributed by atoms with Crippen LogP contribution in [0.1, 0.15) is 30.7 Å². The van der Waals surface area contributed by atoms with Gasteiger partial charge >= 0.3 is 0 Å². The minimum atomic E-state index is 0.0189. The summed E-state index contributed by atoms with van der Waals surface area (Å²) in [5.41, 5.74) is 2.10. The van der Waals surface area contributed by atoms with Crippen LogP contribution >= 0.6 is 23.5 Å². The Labute approximate surface area is 198 Å². The van der Waals surface area contributed by atoms with Gasteiger partial charge < -0.3 is 9.88 Å². The fourth-order valence-electron chi connectivity index (χ4n) is 3.80. The highest BCUT2D eigenvalue weighted by atomic mass is 32.2. The maximum atomic E-state index is 12.5. The molecular weight excluding hydrogens is 438 g/mol. The van der Waals surface area contributed by atoms with E-state index in [1.807, 2.05) is 36.6 Å². The Kier molecular flexibility index (Phi) is 8.25. The summed E-state index contributed by atoms with van der Waals surface area (Å²) in [5.74, 6) is 1.67. The molecule has 1 saturated heterocycles. The Hall–Kier alpha value is -2.29. The van der Waals surface area contributed by atoms with Crippen molar-refractivity contribution in [3.63, 3.8) is 0 Å². The number of nitrogens with zero attached hydrogens (tertiary/aromatic N) is 4. The van der Waals surface area contributed by atoms with Crippen molar-refractivity contribution >= 4 is 35.1 Å². The largest absolute Gasteiger partial charge is 0.325 e. The van der Waals surface area contributed by atoms with E-state index in [4.69, 9.17) is 0 Å². The number of thioether (sulfide) groups is 2. The molecule has 1 fully saturated rings. The van der Waals surface area contributed by atoms with E-state index in [0.717, 1.165) is 47.7 Å². The van der Waals surface area contributed by atoms with Gasteiger partial charge in [0, 0.05) is 17.1 Å². The van der Waals surface area contributed by atoms with Crippen molar-refractivity contribution in [2.24, 2.45) is 0 Å². The predicted molar refractivity (Wildman–Crippen MR) is 132 cm³/mol. The lowest BCUT2D eigenvalue weighted by molar-refractivity contribution is -0.115. The Bertz CT molecular complexity index is 1020. The molecule has 1 amide bonds. The Morgan fingerprint density at radius 1 is 1.00 bits per heavy atom. The second kappa shape index (κ2) is 11.5. The van der Waals surface area contributed by atoms with Crippen LogP contribution in [-0.2, 0) is 17.9 Å². The van der Waals surface area contributed by atoms with Crippen LogP contribution in [0.5, 0.6) is 0 Å². The number of benzene rings is 2. The van der Waals surface area contributed by atoms with Gasteiger partial charge in [0.2, 0.25) is 5.91 Å². The average molecular weight is 468 g/mol. The van der Waals surface area contributed by atoms with Gasteiger partial charge in [0.1, 0.15) is 5.82 Å². The van der Waals surface area contributed by atoms with Gasteiger partial charge in [0.05, 0.1) is 18.8 Å². The van der Waals surface area contributed by atoms with Crippen LogP contribution in [-0.4, -0.2) is 50.7 Å². The highest BCUT2D eigenvalue weighted by molar-refractivity contribution is 7.99. The molecule has 0 bridgehead atoms. The lowest BCUT2D eigenvalue weighted by atomic mass is 10.2. The highest BCUT2D eigenvalue weighted by Gasteiger charge is 2.19. The molecule has 3 aromatic rings. The number of amides is 1. The maximum Gasteiger partial charge on any atom is 0.225 e. The molecule has 168 valence electrons. The molecule has 0 radical (unpaired) electrons. The SMILES string of the molecule is CSc1ccccc1NC(=O)CCSc1nnc(CN2CCCC2)n1Cc1ccccc1. The summed E-state index contributed by atoms with van der Waals surface area (Å²) in [4.78, 5) is 16.0. The highest BCUT2D eigenvalue weighted by Crippen LogP contribution is 2.25. The molecule has 2 aromatic carbocycles. The van der Waals surface area contributed by atoms with Crippen molar-refractivity contribution in [3.8, 4) is 0 Å². The van der Waals surface area contributed by atoms with Gasteiger partial charge in [-0.2, -0.15) is 0 Å². The number of rotatable bonds is 10. The first kappa shape index (κ1) is 22.9. The molecule has 0 spiro atoms. The van der Waals surface area contributed by atoms with Crippen LogP contribution < -0.4 is 5.32 Å². The quantitative estimate of drug-likeness (QED) is 0.434. The lowest BCUT2D eigenvalue weighted by Gasteiger charge is -2.16. The molecule has 0 unspecified atom stereocenters. The zero-order valence-corrected chi connectivity index (χ0v) is 20.0. The van der Waals surface area contributed by atoms with Gasteiger partial charge in [0.25, 0.3) is 0 Å². The van der Waals surface area contributed by atoms with E-state index in [-0.39, 0.29) is 5.91 Å². The number of hydrogen-bond acceptors (Lipinski definition) is 6. The number of aromatic nitrogens is 3. The second-order valence-electron chi connectivity index (χ2n) is 7.80. The zero-order chi connectivity index (χ0) is 22.2. The fourth-order valence-corrected chi connectivity index (χ4v) is 5.25. The summed E-state index contributed by atoms with van der Waals surface area (Å²) in [6.07, 6.45) is 4.94. The summed E-state index contributed by atoms with van der Waals surface area (Å²) in [5, 5.41) is 12.9. The number of likely N-dealkylation sites (tertiary alicyclic amines) is 1. The molecule has 0 saturated carbocycles. The molecule has 1 aliphatic heterocycles. The van der Waals surface area contributed by atoms with E-state index in [2.05, 4.69) is 49.2 Å². The van der Waals surface area contributed by atoms with E-state index in [1.54, 1.807) is 23.5 Å². The molecule has 2 heterocycles. The molecule has 0 aliphatic carbocycles. The van der Waals surface area contributed by atoms with Crippen molar-refractivity contribution < 1.29 is 4.79 Å². The third-order valence-electron chi connectivity index (χ3n) is 5.48. The van der Waals surface area contributed by atoms with Crippen molar-refractivity contribution in [1.29, 1.82) is 0 Å². The van der Waals surface area contributed by atoms with Crippen LogP contribution in [0.4, 0.5) is 5.69 Å². The second-order valence-corrected chi connectivity index (χ2v) is 9.71. The molecular formula is C24H29N5OS2. The van der Waals surface area contributed by atoms with Crippen LogP contribution in [0.2, 0.25) is 0 Å². The maximum absolute atomic E-state index is 12.5. The van der Waals surface area contributed by atoms with Gasteiger partial charge in [-0.1, -0.05) is 54.2 Å². The van der Waals surface area contributed by atoms with E-state index in [0.29, 0.717) is 12.2 Å². The number of carbonyl (C=O) groups is 1. The minimum absolute atomic E-state index is 0.0189. The van der Waals surface area contributed by atoms with E-state index < -0.39 is 0 Å². The molecule has 32 heavy (non-hydrogen) atoms. The fraction of sp³-hybridized carbons (Fsp3) is 0.375. The Morgan fingerprint density at radius 3 is 2.53 bits per heavy atom. The average Bonchev–Trinajstić information content (AvgIpc) is 3.46. The first-order valence-corrected chi connectivity index (χ1v) is 13.2. The predicted octanol–water partition coefficient (Wildman–Crippen LogP) is 4.77. The first-order chi connectivity index (χ1) is 15.7. The summed E-state index contributed by atoms with van der Waals surface area (Å²) in [6, 6.07) is 18.3. The third kappa shape index (κ3) is 6.15. The smallest absolute Gasteiger partial charge is 0.225 e.